The number of nitrogens with zero attached hydrogens (tertiary/aromatic N) is 1. The largest absolute Gasteiger partial charge is 0.355 e. The molecular formula is C11H22N2O3S. The van der Waals surface area contributed by atoms with Gasteiger partial charge in [-0.25, -0.2) is 12.7 Å². The molecule has 1 aliphatic heterocycles. The molecule has 17 heavy (non-hydrogen) atoms. The smallest absolute Gasteiger partial charge is 0.220 e. The summed E-state index contributed by atoms with van der Waals surface area (Å²) in [6.07, 6.45) is 4.20. The number of carbonyl (C=O) groups is 1. The molecule has 0 bridgehead atoms. The van der Waals surface area contributed by atoms with Gasteiger partial charge in [-0.05, 0) is 19.3 Å². The summed E-state index contributed by atoms with van der Waals surface area (Å²) in [5, 5.41) is 2.65. The molecule has 0 aliphatic carbocycles. The van der Waals surface area contributed by atoms with Crippen molar-refractivity contribution in [3.8, 4) is 0 Å². The van der Waals surface area contributed by atoms with E-state index < -0.39 is 10.0 Å². The van der Waals surface area contributed by atoms with Crippen LogP contribution in [0.15, 0.2) is 0 Å². The zero-order valence-electron chi connectivity index (χ0n) is 10.4. The highest BCUT2D eigenvalue weighted by atomic mass is 32.2. The summed E-state index contributed by atoms with van der Waals surface area (Å²) in [4.78, 5) is 11.3. The lowest BCUT2D eigenvalue weighted by atomic mass is 10.2. The molecule has 0 spiro atoms. The third-order valence-electron chi connectivity index (χ3n) is 2.90. The van der Waals surface area contributed by atoms with Gasteiger partial charge in [0.05, 0.1) is 5.75 Å². The van der Waals surface area contributed by atoms with Gasteiger partial charge >= 0.3 is 0 Å². The number of carbonyl (C=O) groups excluding carboxylic acids is 1. The minimum absolute atomic E-state index is 0.0187. The van der Waals surface area contributed by atoms with E-state index in [0.717, 1.165) is 25.7 Å². The van der Waals surface area contributed by atoms with Crippen molar-refractivity contribution in [3.05, 3.63) is 0 Å². The Morgan fingerprint density at radius 1 is 1.29 bits per heavy atom. The second kappa shape index (κ2) is 6.96. The SMILES string of the molecule is CCCCC(=O)NCCS(=O)(=O)N1CCCC1. The Hall–Kier alpha value is -0.620. The Kier molecular flexibility index (Phi) is 5.91. The van der Waals surface area contributed by atoms with Crippen molar-refractivity contribution in [1.29, 1.82) is 0 Å². The first-order valence-electron chi connectivity index (χ1n) is 6.31. The van der Waals surface area contributed by atoms with Gasteiger partial charge in [-0.1, -0.05) is 13.3 Å². The summed E-state index contributed by atoms with van der Waals surface area (Å²) in [6.45, 7) is 3.50. The van der Waals surface area contributed by atoms with Gasteiger partial charge < -0.3 is 5.32 Å². The zero-order valence-corrected chi connectivity index (χ0v) is 11.3. The molecule has 1 N–H and O–H groups in total. The van der Waals surface area contributed by atoms with Crippen LogP contribution in [0, 0.1) is 0 Å². The Morgan fingerprint density at radius 2 is 1.94 bits per heavy atom. The summed E-state index contributed by atoms with van der Waals surface area (Å²) in [7, 11) is -3.16. The molecule has 6 heteroatoms. The van der Waals surface area contributed by atoms with Gasteiger partial charge in [-0.2, -0.15) is 0 Å². The van der Waals surface area contributed by atoms with Crippen LogP contribution in [0.3, 0.4) is 0 Å². The third kappa shape index (κ3) is 5.04. The molecule has 0 aromatic carbocycles. The van der Waals surface area contributed by atoms with Gasteiger partial charge in [0, 0.05) is 26.1 Å². The van der Waals surface area contributed by atoms with Crippen molar-refractivity contribution >= 4 is 15.9 Å². The van der Waals surface area contributed by atoms with E-state index in [2.05, 4.69) is 5.32 Å². The zero-order chi connectivity index (χ0) is 12.7. The maximum atomic E-state index is 11.8. The molecule has 0 aromatic rings. The van der Waals surface area contributed by atoms with Gasteiger partial charge in [-0.15, -0.1) is 0 Å². The molecule has 0 saturated carbocycles. The van der Waals surface area contributed by atoms with Crippen molar-refractivity contribution in [2.24, 2.45) is 0 Å². The predicted octanol–water partition coefficient (Wildman–Crippen LogP) is 0.718. The average Bonchev–Trinajstić information content (AvgIpc) is 2.80. The second-order valence-corrected chi connectivity index (χ2v) is 6.46. The lowest BCUT2D eigenvalue weighted by molar-refractivity contribution is -0.121. The molecule has 1 heterocycles. The van der Waals surface area contributed by atoms with Crippen LogP contribution in [0.1, 0.15) is 39.0 Å². The second-order valence-electron chi connectivity index (χ2n) is 4.38. The topological polar surface area (TPSA) is 66.5 Å². The minimum Gasteiger partial charge on any atom is -0.355 e. The van der Waals surface area contributed by atoms with E-state index >= 15 is 0 Å². The number of amides is 1. The lowest BCUT2D eigenvalue weighted by Crippen LogP contribution is -2.36. The molecule has 0 atom stereocenters. The number of rotatable bonds is 7. The van der Waals surface area contributed by atoms with Crippen molar-refractivity contribution < 1.29 is 13.2 Å². The van der Waals surface area contributed by atoms with E-state index in [0.29, 0.717) is 19.5 Å². The summed E-state index contributed by atoms with van der Waals surface area (Å²) in [6, 6.07) is 0. The third-order valence-corrected chi connectivity index (χ3v) is 4.77. The van der Waals surface area contributed by atoms with Crippen LogP contribution < -0.4 is 5.32 Å². The van der Waals surface area contributed by atoms with Gasteiger partial charge in [-0.3, -0.25) is 4.79 Å². The van der Waals surface area contributed by atoms with Crippen molar-refractivity contribution in [2.45, 2.75) is 39.0 Å². The Balaban J connectivity index is 2.23. The van der Waals surface area contributed by atoms with Crippen LogP contribution in [-0.4, -0.2) is 44.0 Å². The van der Waals surface area contributed by atoms with Crippen molar-refractivity contribution in [3.63, 3.8) is 0 Å². The molecule has 5 nitrogen and oxygen atoms in total. The number of hydrogen-bond donors (Lipinski definition) is 1. The minimum atomic E-state index is -3.16. The van der Waals surface area contributed by atoms with Crippen LogP contribution in [0.2, 0.25) is 0 Å². The number of nitrogens with one attached hydrogen (secondary N) is 1. The van der Waals surface area contributed by atoms with Crippen LogP contribution in [0.5, 0.6) is 0 Å². The molecule has 0 unspecified atom stereocenters. The molecule has 1 rings (SSSR count). The summed E-state index contributed by atoms with van der Waals surface area (Å²) < 4.78 is 25.1. The predicted molar refractivity (Wildman–Crippen MR) is 67.1 cm³/mol. The van der Waals surface area contributed by atoms with Gasteiger partial charge in [0.1, 0.15) is 0 Å². The Morgan fingerprint density at radius 3 is 2.53 bits per heavy atom. The van der Waals surface area contributed by atoms with Crippen LogP contribution in [-0.2, 0) is 14.8 Å². The van der Waals surface area contributed by atoms with Crippen molar-refractivity contribution in [1.82, 2.24) is 9.62 Å². The van der Waals surface area contributed by atoms with E-state index in [1.54, 1.807) is 0 Å². The molecule has 0 aromatic heterocycles. The fraction of sp³-hybridized carbons (Fsp3) is 0.909. The normalized spacial score (nSPS) is 17.2. The van der Waals surface area contributed by atoms with Gasteiger partial charge in [0.15, 0.2) is 0 Å². The van der Waals surface area contributed by atoms with Crippen LogP contribution in [0.25, 0.3) is 0 Å². The first-order chi connectivity index (χ1) is 8.06. The average molecular weight is 262 g/mol. The Labute approximate surface area is 104 Å². The molecule has 1 fully saturated rings. The standard InChI is InChI=1S/C11H22N2O3S/c1-2-3-6-11(14)12-7-10-17(15,16)13-8-4-5-9-13/h2-10H2,1H3,(H,12,14). The fourth-order valence-corrected chi connectivity index (χ4v) is 3.27. The molecular weight excluding hydrogens is 240 g/mol. The van der Waals surface area contributed by atoms with E-state index in [-0.39, 0.29) is 18.2 Å². The number of unbranched alkanes of at least 4 members (excludes halogenated alkanes) is 1. The number of hydrogen-bond acceptors (Lipinski definition) is 3. The molecule has 1 saturated heterocycles. The maximum absolute atomic E-state index is 11.8. The molecule has 1 amide bonds. The summed E-state index contributed by atoms with van der Waals surface area (Å²) >= 11 is 0. The number of sulfonamides is 1. The van der Waals surface area contributed by atoms with Crippen molar-refractivity contribution in [2.75, 3.05) is 25.4 Å². The Bertz CT molecular complexity index is 335. The lowest BCUT2D eigenvalue weighted by Gasteiger charge is -2.15. The van der Waals surface area contributed by atoms with Crippen LogP contribution in [0.4, 0.5) is 0 Å². The summed E-state index contributed by atoms with van der Waals surface area (Å²) in [5.41, 5.74) is 0. The van der Waals surface area contributed by atoms with Gasteiger partial charge in [0.25, 0.3) is 0 Å². The monoisotopic (exact) mass is 262 g/mol. The molecule has 0 radical (unpaired) electrons. The molecule has 100 valence electrons. The summed E-state index contributed by atoms with van der Waals surface area (Å²) in [5.74, 6) is -0.0336. The maximum Gasteiger partial charge on any atom is 0.220 e. The van der Waals surface area contributed by atoms with E-state index in [4.69, 9.17) is 0 Å². The highest BCUT2D eigenvalue weighted by Gasteiger charge is 2.24. The quantitative estimate of drug-likeness (QED) is 0.735. The van der Waals surface area contributed by atoms with E-state index in [9.17, 15) is 13.2 Å². The highest BCUT2D eigenvalue weighted by molar-refractivity contribution is 7.89. The molecule has 1 aliphatic rings. The first kappa shape index (κ1) is 14.4. The van der Waals surface area contributed by atoms with Crippen LogP contribution >= 0.6 is 0 Å². The fourth-order valence-electron chi connectivity index (χ4n) is 1.84. The van der Waals surface area contributed by atoms with Gasteiger partial charge in [0.2, 0.25) is 15.9 Å². The highest BCUT2D eigenvalue weighted by Crippen LogP contribution is 2.12. The van der Waals surface area contributed by atoms with E-state index in [1.165, 1.54) is 4.31 Å². The van der Waals surface area contributed by atoms with E-state index in [1.807, 2.05) is 6.92 Å². The first-order valence-corrected chi connectivity index (χ1v) is 7.91.